The minimum Gasteiger partial charge on any atom is -0.314 e. The topological polar surface area (TPSA) is 24.1 Å². The molecule has 2 fully saturated rings. The van der Waals surface area contributed by atoms with E-state index in [9.17, 15) is 0 Å². The Labute approximate surface area is 130 Å². The third-order valence-corrected chi connectivity index (χ3v) is 5.44. The molecule has 2 aliphatic rings. The van der Waals surface area contributed by atoms with Gasteiger partial charge in [-0.3, -0.25) is 0 Å². The summed E-state index contributed by atoms with van der Waals surface area (Å²) in [7, 11) is 0. The van der Waals surface area contributed by atoms with Crippen molar-refractivity contribution in [3.05, 3.63) is 34.3 Å². The van der Waals surface area contributed by atoms with Crippen LogP contribution in [-0.4, -0.2) is 18.6 Å². The van der Waals surface area contributed by atoms with Gasteiger partial charge in [-0.25, -0.2) is 0 Å². The van der Waals surface area contributed by atoms with E-state index in [4.69, 9.17) is 0 Å². The molecule has 3 unspecified atom stereocenters. The van der Waals surface area contributed by atoms with Crippen LogP contribution in [0.4, 0.5) is 0 Å². The van der Waals surface area contributed by atoms with Gasteiger partial charge in [0.2, 0.25) is 0 Å². The highest BCUT2D eigenvalue weighted by Crippen LogP contribution is 2.30. The Hall–Kier alpha value is -0.380. The Morgan fingerprint density at radius 3 is 2.60 bits per heavy atom. The van der Waals surface area contributed by atoms with Crippen molar-refractivity contribution < 1.29 is 0 Å². The molecule has 3 atom stereocenters. The summed E-state index contributed by atoms with van der Waals surface area (Å²) in [5.74, 6) is 0.835. The molecule has 3 heteroatoms. The second-order valence-corrected chi connectivity index (χ2v) is 7.18. The van der Waals surface area contributed by atoms with Crippen LogP contribution in [0.2, 0.25) is 0 Å². The third-order valence-electron chi connectivity index (χ3n) is 4.92. The number of rotatable bonds is 4. The Morgan fingerprint density at radius 2 is 1.85 bits per heavy atom. The summed E-state index contributed by atoms with van der Waals surface area (Å²) in [6, 6.07) is 10.1. The molecule has 0 amide bonds. The first-order chi connectivity index (χ1) is 9.83. The van der Waals surface area contributed by atoms with Crippen molar-refractivity contribution in [1.29, 1.82) is 0 Å². The predicted octanol–water partition coefficient (Wildman–Crippen LogP) is 3.85. The van der Waals surface area contributed by atoms with E-state index in [2.05, 4.69) is 50.8 Å². The number of hydrogen-bond acceptors (Lipinski definition) is 2. The molecule has 0 radical (unpaired) electrons. The molecular formula is C17H25BrN2. The summed E-state index contributed by atoms with van der Waals surface area (Å²) < 4.78 is 1.16. The molecule has 1 saturated carbocycles. The lowest BCUT2D eigenvalue weighted by atomic mass is 9.79. The second-order valence-electron chi connectivity index (χ2n) is 6.27. The second kappa shape index (κ2) is 7.06. The molecular weight excluding hydrogens is 312 g/mol. The lowest BCUT2D eigenvalue weighted by molar-refractivity contribution is 0.213. The van der Waals surface area contributed by atoms with Crippen LogP contribution < -0.4 is 10.6 Å². The lowest BCUT2D eigenvalue weighted by Crippen LogP contribution is -2.46. The van der Waals surface area contributed by atoms with Gasteiger partial charge < -0.3 is 10.6 Å². The van der Waals surface area contributed by atoms with Crippen molar-refractivity contribution in [2.75, 3.05) is 6.54 Å². The Morgan fingerprint density at radius 1 is 1.05 bits per heavy atom. The molecule has 1 aromatic rings. The first kappa shape index (κ1) is 14.6. The van der Waals surface area contributed by atoms with E-state index in [1.165, 1.54) is 50.6 Å². The normalized spacial score (nSPS) is 30.6. The summed E-state index contributed by atoms with van der Waals surface area (Å²) in [5.41, 5.74) is 1.39. The summed E-state index contributed by atoms with van der Waals surface area (Å²) in [4.78, 5) is 0. The zero-order valence-corrected chi connectivity index (χ0v) is 13.7. The van der Waals surface area contributed by atoms with Gasteiger partial charge in [-0.05, 0) is 55.8 Å². The Kier molecular flexibility index (Phi) is 5.14. The molecule has 1 aliphatic heterocycles. The molecule has 3 rings (SSSR count). The van der Waals surface area contributed by atoms with Gasteiger partial charge in [-0.15, -0.1) is 0 Å². The minimum absolute atomic E-state index is 0.697. The van der Waals surface area contributed by atoms with Gasteiger partial charge in [-0.1, -0.05) is 40.9 Å². The fourth-order valence-corrected chi connectivity index (χ4v) is 4.09. The lowest BCUT2D eigenvalue weighted by Gasteiger charge is -2.36. The average Bonchev–Trinajstić information content (AvgIpc) is 3.01. The van der Waals surface area contributed by atoms with E-state index in [0.29, 0.717) is 6.04 Å². The first-order valence-corrected chi connectivity index (χ1v) is 8.83. The van der Waals surface area contributed by atoms with Gasteiger partial charge in [0.05, 0.1) is 0 Å². The van der Waals surface area contributed by atoms with Crippen LogP contribution in [0.5, 0.6) is 0 Å². The highest BCUT2D eigenvalue weighted by atomic mass is 79.9. The monoisotopic (exact) mass is 336 g/mol. The molecule has 1 heterocycles. The molecule has 2 N–H and O–H groups in total. The Bertz CT molecular complexity index is 412. The molecule has 1 aromatic carbocycles. The van der Waals surface area contributed by atoms with Crippen LogP contribution in [0.3, 0.4) is 0 Å². The van der Waals surface area contributed by atoms with E-state index in [0.717, 1.165) is 23.0 Å². The van der Waals surface area contributed by atoms with Crippen molar-refractivity contribution in [2.24, 2.45) is 5.92 Å². The summed E-state index contributed by atoms with van der Waals surface area (Å²) in [6.45, 7) is 2.22. The van der Waals surface area contributed by atoms with E-state index in [1.54, 1.807) is 0 Å². The average molecular weight is 337 g/mol. The largest absolute Gasteiger partial charge is 0.314 e. The zero-order chi connectivity index (χ0) is 13.8. The van der Waals surface area contributed by atoms with Crippen molar-refractivity contribution in [2.45, 2.75) is 57.2 Å². The van der Waals surface area contributed by atoms with Gasteiger partial charge in [-0.2, -0.15) is 0 Å². The van der Waals surface area contributed by atoms with Crippen LogP contribution >= 0.6 is 15.9 Å². The third kappa shape index (κ3) is 3.63. The first-order valence-electron chi connectivity index (χ1n) is 8.04. The fourth-order valence-electron chi connectivity index (χ4n) is 3.82. The maximum Gasteiger partial charge on any atom is 0.0208 e. The number of hydrogen-bond donors (Lipinski definition) is 2. The van der Waals surface area contributed by atoms with Crippen molar-refractivity contribution in [3.63, 3.8) is 0 Å². The van der Waals surface area contributed by atoms with E-state index in [1.807, 2.05) is 0 Å². The highest BCUT2D eigenvalue weighted by molar-refractivity contribution is 9.10. The quantitative estimate of drug-likeness (QED) is 0.872. The predicted molar refractivity (Wildman–Crippen MR) is 87.8 cm³/mol. The van der Waals surface area contributed by atoms with E-state index >= 15 is 0 Å². The Balaban J connectivity index is 1.57. The maximum absolute atomic E-state index is 3.83. The van der Waals surface area contributed by atoms with Crippen LogP contribution in [0.1, 0.15) is 44.1 Å². The van der Waals surface area contributed by atoms with Crippen molar-refractivity contribution >= 4 is 15.9 Å². The van der Waals surface area contributed by atoms with Gasteiger partial charge in [0, 0.05) is 23.1 Å². The van der Waals surface area contributed by atoms with Gasteiger partial charge in [0.15, 0.2) is 0 Å². The molecule has 0 bridgehead atoms. The zero-order valence-electron chi connectivity index (χ0n) is 12.1. The number of benzene rings is 1. The molecule has 1 aliphatic carbocycles. The van der Waals surface area contributed by atoms with Crippen LogP contribution in [0.15, 0.2) is 28.7 Å². The number of halogens is 1. The van der Waals surface area contributed by atoms with E-state index in [-0.39, 0.29) is 0 Å². The molecule has 20 heavy (non-hydrogen) atoms. The molecule has 0 spiro atoms. The van der Waals surface area contributed by atoms with Gasteiger partial charge in [0.25, 0.3) is 0 Å². The molecule has 2 nitrogen and oxygen atoms in total. The highest BCUT2D eigenvalue weighted by Gasteiger charge is 2.32. The van der Waals surface area contributed by atoms with Crippen molar-refractivity contribution in [1.82, 2.24) is 10.6 Å². The summed E-state index contributed by atoms with van der Waals surface area (Å²) in [6.07, 6.45) is 8.29. The summed E-state index contributed by atoms with van der Waals surface area (Å²) in [5, 5.41) is 7.54. The van der Waals surface area contributed by atoms with Crippen LogP contribution in [0.25, 0.3) is 0 Å². The maximum atomic E-state index is 3.83. The van der Waals surface area contributed by atoms with E-state index < -0.39 is 0 Å². The SMILES string of the molecule is Brc1ccc(CNC2CCCCC2C2CCCN2)cc1. The number of nitrogens with one attached hydrogen (secondary N) is 2. The smallest absolute Gasteiger partial charge is 0.0208 e. The fraction of sp³-hybridized carbons (Fsp3) is 0.647. The standard InChI is InChI=1S/C17H25BrN2/c18-14-9-7-13(8-10-14)12-20-17-5-2-1-4-15(17)16-6-3-11-19-16/h7-10,15-17,19-20H,1-6,11-12H2. The van der Waals surface area contributed by atoms with Gasteiger partial charge in [0.1, 0.15) is 0 Å². The van der Waals surface area contributed by atoms with Crippen molar-refractivity contribution in [3.8, 4) is 0 Å². The van der Waals surface area contributed by atoms with Gasteiger partial charge >= 0.3 is 0 Å². The van der Waals surface area contributed by atoms with Crippen LogP contribution in [0, 0.1) is 5.92 Å². The minimum atomic E-state index is 0.697. The molecule has 0 aromatic heterocycles. The summed E-state index contributed by atoms with van der Waals surface area (Å²) >= 11 is 3.50. The molecule has 1 saturated heterocycles. The molecule has 110 valence electrons. The van der Waals surface area contributed by atoms with Crippen LogP contribution in [-0.2, 0) is 6.54 Å².